The van der Waals surface area contributed by atoms with E-state index < -0.39 is 6.10 Å². The smallest absolute Gasteiger partial charge is 0.256 e. The van der Waals surface area contributed by atoms with E-state index >= 15 is 0 Å². The number of aromatic amines is 1. The van der Waals surface area contributed by atoms with Gasteiger partial charge in [-0.1, -0.05) is 13.0 Å². The number of likely N-dealkylation sites (N-methyl/N-ethyl adjacent to an activating group) is 1. The Balaban J connectivity index is 1.69. The number of imidazole rings is 1. The number of pyridine rings is 2. The van der Waals surface area contributed by atoms with Crippen molar-refractivity contribution in [3.63, 3.8) is 0 Å². The Bertz CT molecular complexity index is 1120. The summed E-state index contributed by atoms with van der Waals surface area (Å²) < 4.78 is 1.95. The molecule has 3 aromatic rings. The number of aliphatic hydroxyl groups is 1. The second-order valence-corrected chi connectivity index (χ2v) is 8.04. The largest absolute Gasteiger partial charge is 0.388 e. The summed E-state index contributed by atoms with van der Waals surface area (Å²) in [4.78, 5) is 24.9. The molecule has 2 N–H and O–H groups in total. The lowest BCUT2D eigenvalue weighted by atomic mass is 10.0. The molecule has 1 unspecified atom stereocenters. The van der Waals surface area contributed by atoms with Gasteiger partial charge in [-0.05, 0) is 50.2 Å². The van der Waals surface area contributed by atoms with E-state index in [-0.39, 0.29) is 5.56 Å². The maximum atomic E-state index is 12.8. The highest BCUT2D eigenvalue weighted by Crippen LogP contribution is 2.23. The molecule has 7 heteroatoms. The average molecular weight is 408 g/mol. The first-order chi connectivity index (χ1) is 14.4. The Labute approximate surface area is 176 Å². The first-order valence-electron chi connectivity index (χ1n) is 10.5. The summed E-state index contributed by atoms with van der Waals surface area (Å²) in [6.45, 7) is 7.68. The number of hydrogen-bond acceptors (Lipinski definition) is 5. The van der Waals surface area contributed by atoms with Crippen molar-refractivity contribution in [2.45, 2.75) is 26.4 Å². The molecule has 7 nitrogen and oxygen atoms in total. The van der Waals surface area contributed by atoms with E-state index in [2.05, 4.69) is 26.8 Å². The second kappa shape index (κ2) is 8.45. The summed E-state index contributed by atoms with van der Waals surface area (Å²) in [5.41, 5.74) is 3.62. The van der Waals surface area contributed by atoms with Gasteiger partial charge in [0.25, 0.3) is 5.56 Å². The molecule has 158 valence electrons. The first kappa shape index (κ1) is 20.4. The van der Waals surface area contributed by atoms with Gasteiger partial charge in [-0.2, -0.15) is 0 Å². The number of anilines is 1. The maximum Gasteiger partial charge on any atom is 0.256 e. The molecule has 30 heavy (non-hydrogen) atoms. The van der Waals surface area contributed by atoms with Crippen molar-refractivity contribution in [2.75, 3.05) is 38.1 Å². The van der Waals surface area contributed by atoms with Gasteiger partial charge in [0.15, 0.2) is 0 Å². The SMILES string of the molecule is CCC(O)/C(=C\c1ccc(N2CCN(C)CC2)[nH]c1=O)c1cn2cc(C)ccc2n1. The van der Waals surface area contributed by atoms with Gasteiger partial charge in [-0.25, -0.2) is 4.98 Å². The molecular weight excluding hydrogens is 378 g/mol. The highest BCUT2D eigenvalue weighted by molar-refractivity contribution is 5.82. The van der Waals surface area contributed by atoms with Crippen molar-refractivity contribution >= 4 is 23.1 Å². The Morgan fingerprint density at radius 2 is 1.97 bits per heavy atom. The van der Waals surface area contributed by atoms with Crippen molar-refractivity contribution in [3.05, 3.63) is 63.8 Å². The van der Waals surface area contributed by atoms with Gasteiger partial charge in [0.2, 0.25) is 0 Å². The minimum atomic E-state index is -0.701. The monoisotopic (exact) mass is 407 g/mol. The molecule has 1 aliphatic rings. The summed E-state index contributed by atoms with van der Waals surface area (Å²) in [6, 6.07) is 7.73. The van der Waals surface area contributed by atoms with E-state index in [0.29, 0.717) is 23.3 Å². The lowest BCUT2D eigenvalue weighted by Crippen LogP contribution is -2.45. The molecule has 0 saturated carbocycles. The predicted octanol–water partition coefficient (Wildman–Crippen LogP) is 2.39. The Morgan fingerprint density at radius 1 is 1.20 bits per heavy atom. The average Bonchev–Trinajstić information content (AvgIpc) is 3.15. The molecule has 3 aromatic heterocycles. The minimum Gasteiger partial charge on any atom is -0.388 e. The number of nitrogens with zero attached hydrogens (tertiary/aromatic N) is 4. The Hall–Kier alpha value is -2.90. The van der Waals surface area contributed by atoms with Crippen LogP contribution in [0.15, 0.2) is 41.5 Å². The van der Waals surface area contributed by atoms with Crippen LogP contribution in [-0.2, 0) is 0 Å². The number of fused-ring (bicyclic) bond motifs is 1. The van der Waals surface area contributed by atoms with Crippen LogP contribution in [0.3, 0.4) is 0 Å². The standard InChI is InChI=1S/C23H29N5O2/c1-4-20(29)18(19-15-28-14-16(2)5-7-21(28)24-19)13-17-6-8-22(25-23(17)30)27-11-9-26(3)10-12-27/h5-8,13-15,20,29H,4,9-12H2,1-3H3,(H,25,30)/b18-13-. The topological polar surface area (TPSA) is 76.9 Å². The third kappa shape index (κ3) is 4.17. The minimum absolute atomic E-state index is 0.160. The molecule has 0 amide bonds. The number of aliphatic hydroxyl groups excluding tert-OH is 1. The number of rotatable bonds is 5. The van der Waals surface area contributed by atoms with E-state index in [9.17, 15) is 9.90 Å². The van der Waals surface area contributed by atoms with Gasteiger partial charge in [0.05, 0.1) is 11.8 Å². The molecule has 0 aromatic carbocycles. The van der Waals surface area contributed by atoms with Crippen LogP contribution in [0.2, 0.25) is 0 Å². The van der Waals surface area contributed by atoms with Crippen LogP contribution < -0.4 is 10.5 Å². The summed E-state index contributed by atoms with van der Waals surface area (Å²) >= 11 is 0. The number of nitrogens with one attached hydrogen (secondary N) is 1. The Kier molecular flexibility index (Phi) is 5.74. The third-order valence-corrected chi connectivity index (χ3v) is 5.72. The van der Waals surface area contributed by atoms with Crippen LogP contribution in [-0.4, -0.2) is 63.7 Å². The van der Waals surface area contributed by atoms with Gasteiger partial charge in [-0.3, -0.25) is 4.79 Å². The van der Waals surface area contributed by atoms with Crippen LogP contribution in [0, 0.1) is 6.92 Å². The molecule has 1 aliphatic heterocycles. The van der Waals surface area contributed by atoms with Crippen LogP contribution in [0.4, 0.5) is 5.82 Å². The van der Waals surface area contributed by atoms with Gasteiger partial charge >= 0.3 is 0 Å². The molecule has 0 aliphatic carbocycles. The zero-order valence-electron chi connectivity index (χ0n) is 17.8. The number of H-pyrrole nitrogens is 1. The van der Waals surface area contributed by atoms with Crippen molar-refractivity contribution in [1.82, 2.24) is 19.3 Å². The zero-order chi connectivity index (χ0) is 21.3. The number of piperazine rings is 1. The van der Waals surface area contributed by atoms with Gasteiger partial charge in [0, 0.05) is 49.7 Å². The van der Waals surface area contributed by atoms with E-state index in [4.69, 9.17) is 0 Å². The summed E-state index contributed by atoms with van der Waals surface area (Å²) in [5, 5.41) is 10.6. The zero-order valence-corrected chi connectivity index (χ0v) is 17.8. The summed E-state index contributed by atoms with van der Waals surface area (Å²) in [7, 11) is 2.11. The molecule has 1 saturated heterocycles. The van der Waals surface area contributed by atoms with E-state index in [0.717, 1.165) is 43.2 Å². The molecule has 0 spiro atoms. The van der Waals surface area contributed by atoms with E-state index in [1.54, 1.807) is 6.08 Å². The molecule has 4 rings (SSSR count). The fraction of sp³-hybridized carbons (Fsp3) is 0.391. The van der Waals surface area contributed by atoms with Crippen molar-refractivity contribution < 1.29 is 5.11 Å². The quantitative estimate of drug-likeness (QED) is 0.679. The molecule has 1 atom stereocenters. The van der Waals surface area contributed by atoms with Gasteiger partial charge in [0.1, 0.15) is 11.5 Å². The third-order valence-electron chi connectivity index (χ3n) is 5.72. The molecular formula is C23H29N5O2. The highest BCUT2D eigenvalue weighted by atomic mass is 16.3. The first-order valence-corrected chi connectivity index (χ1v) is 10.5. The fourth-order valence-electron chi connectivity index (χ4n) is 3.79. The van der Waals surface area contributed by atoms with Gasteiger partial charge in [-0.15, -0.1) is 0 Å². The van der Waals surface area contributed by atoms with E-state index in [1.165, 1.54) is 0 Å². The number of aromatic nitrogens is 3. The number of hydrogen-bond donors (Lipinski definition) is 2. The fourth-order valence-corrected chi connectivity index (χ4v) is 3.79. The molecule has 4 heterocycles. The van der Waals surface area contributed by atoms with Crippen LogP contribution >= 0.6 is 0 Å². The predicted molar refractivity (Wildman–Crippen MR) is 121 cm³/mol. The Morgan fingerprint density at radius 3 is 2.67 bits per heavy atom. The molecule has 1 fully saturated rings. The van der Waals surface area contributed by atoms with Crippen LogP contribution in [0.25, 0.3) is 17.3 Å². The summed E-state index contributed by atoms with van der Waals surface area (Å²) in [6.07, 6.45) is 5.50. The van der Waals surface area contributed by atoms with Crippen molar-refractivity contribution in [2.24, 2.45) is 0 Å². The normalized spacial score (nSPS) is 16.9. The second-order valence-electron chi connectivity index (χ2n) is 8.04. The highest BCUT2D eigenvalue weighted by Gasteiger charge is 2.18. The lowest BCUT2D eigenvalue weighted by molar-refractivity contribution is 0.228. The van der Waals surface area contributed by atoms with Crippen LogP contribution in [0.5, 0.6) is 0 Å². The van der Waals surface area contributed by atoms with E-state index in [1.807, 2.05) is 54.9 Å². The van der Waals surface area contributed by atoms with Crippen molar-refractivity contribution in [1.29, 1.82) is 0 Å². The summed E-state index contributed by atoms with van der Waals surface area (Å²) in [5.74, 6) is 0.839. The lowest BCUT2D eigenvalue weighted by Gasteiger charge is -2.33. The van der Waals surface area contributed by atoms with Gasteiger partial charge < -0.3 is 24.3 Å². The molecule has 0 radical (unpaired) electrons. The maximum absolute atomic E-state index is 12.8. The number of aryl methyl sites for hydroxylation is 1. The molecule has 0 bridgehead atoms. The van der Waals surface area contributed by atoms with Crippen molar-refractivity contribution in [3.8, 4) is 0 Å². The van der Waals surface area contributed by atoms with Crippen LogP contribution in [0.1, 0.15) is 30.2 Å².